The van der Waals surface area contributed by atoms with E-state index in [1.54, 1.807) is 25.1 Å². The van der Waals surface area contributed by atoms with Gasteiger partial charge in [0.15, 0.2) is 6.61 Å². The lowest BCUT2D eigenvalue weighted by Gasteiger charge is -2.30. The summed E-state index contributed by atoms with van der Waals surface area (Å²) in [5, 5.41) is 14.3. The lowest BCUT2D eigenvalue weighted by atomic mass is 10.1. The van der Waals surface area contributed by atoms with Gasteiger partial charge in [0, 0.05) is 41.3 Å². The molecular formula is C21H23Cl2N3O6. The van der Waals surface area contributed by atoms with Crippen molar-refractivity contribution in [1.29, 1.82) is 0 Å². The number of hydrogen-bond acceptors (Lipinski definition) is 6. The van der Waals surface area contributed by atoms with Crippen LogP contribution < -0.4 is 14.8 Å². The van der Waals surface area contributed by atoms with Crippen LogP contribution in [-0.4, -0.2) is 48.4 Å². The first-order chi connectivity index (χ1) is 15.2. The maximum Gasteiger partial charge on any atom is 0.311 e. The van der Waals surface area contributed by atoms with Gasteiger partial charge in [-0.1, -0.05) is 36.2 Å². The molecule has 2 aromatic carbocycles. The van der Waals surface area contributed by atoms with Crippen molar-refractivity contribution in [2.45, 2.75) is 25.9 Å². The van der Waals surface area contributed by atoms with Crippen molar-refractivity contribution in [2.24, 2.45) is 0 Å². The van der Waals surface area contributed by atoms with Crippen LogP contribution in [0, 0.1) is 10.1 Å². The SMILES string of the molecule is CC[C@H](C(=O)NC)N(Cc1c(Cl)cccc1Cl)C(=O)COc1ccc([N+](=O)[O-])c(OC)c1. The molecule has 0 bridgehead atoms. The molecule has 0 unspecified atom stereocenters. The molecule has 32 heavy (non-hydrogen) atoms. The van der Waals surface area contributed by atoms with Crippen LogP contribution in [0.4, 0.5) is 5.69 Å². The van der Waals surface area contributed by atoms with Gasteiger partial charge in [0.25, 0.3) is 5.91 Å². The highest BCUT2D eigenvalue weighted by Crippen LogP contribution is 2.31. The van der Waals surface area contributed by atoms with Crippen molar-refractivity contribution in [1.82, 2.24) is 10.2 Å². The van der Waals surface area contributed by atoms with E-state index in [-0.39, 0.29) is 29.6 Å². The van der Waals surface area contributed by atoms with Crippen LogP contribution in [0.2, 0.25) is 10.0 Å². The number of hydrogen-bond donors (Lipinski definition) is 1. The molecule has 9 nitrogen and oxygen atoms in total. The fourth-order valence-electron chi connectivity index (χ4n) is 3.07. The number of likely N-dealkylation sites (N-methyl/N-ethyl adjacent to an activating group) is 1. The number of nitro groups is 1. The van der Waals surface area contributed by atoms with Crippen LogP contribution in [0.15, 0.2) is 36.4 Å². The van der Waals surface area contributed by atoms with Gasteiger partial charge in [-0.3, -0.25) is 19.7 Å². The monoisotopic (exact) mass is 483 g/mol. The molecule has 1 atom stereocenters. The molecule has 0 fully saturated rings. The first-order valence-corrected chi connectivity index (χ1v) is 10.4. The van der Waals surface area contributed by atoms with Gasteiger partial charge in [0.05, 0.1) is 12.0 Å². The lowest BCUT2D eigenvalue weighted by Crippen LogP contribution is -2.49. The molecule has 2 rings (SSSR count). The summed E-state index contributed by atoms with van der Waals surface area (Å²) in [7, 11) is 2.78. The Kier molecular flexibility index (Phi) is 9.10. The van der Waals surface area contributed by atoms with Crippen LogP contribution in [0.3, 0.4) is 0 Å². The molecule has 0 saturated carbocycles. The molecule has 2 aromatic rings. The van der Waals surface area contributed by atoms with E-state index in [1.807, 2.05) is 0 Å². The summed E-state index contributed by atoms with van der Waals surface area (Å²) in [6, 6.07) is 8.09. The Bertz CT molecular complexity index is 981. The van der Waals surface area contributed by atoms with Crippen molar-refractivity contribution >= 4 is 40.7 Å². The quantitative estimate of drug-likeness (QED) is 0.405. The molecule has 0 aromatic heterocycles. The number of carbonyl (C=O) groups is 2. The number of nitrogens with zero attached hydrogens (tertiary/aromatic N) is 2. The molecule has 172 valence electrons. The fourth-order valence-corrected chi connectivity index (χ4v) is 3.58. The van der Waals surface area contributed by atoms with E-state index in [0.717, 1.165) is 0 Å². The van der Waals surface area contributed by atoms with Gasteiger partial charge in [-0.05, 0) is 24.6 Å². The van der Waals surface area contributed by atoms with E-state index in [0.29, 0.717) is 22.0 Å². The predicted octanol–water partition coefficient (Wildman–Crippen LogP) is 3.84. The minimum absolute atomic E-state index is 0.00329. The molecule has 0 aliphatic carbocycles. The Morgan fingerprint density at radius 1 is 1.22 bits per heavy atom. The van der Waals surface area contributed by atoms with Crippen LogP contribution in [0.5, 0.6) is 11.5 Å². The standard InChI is InChI=1S/C21H23Cl2N3O6/c1-4-17(21(28)24-2)25(11-14-15(22)6-5-7-16(14)23)20(27)12-32-13-8-9-18(26(29)30)19(10-13)31-3/h5-10,17H,4,11-12H2,1-3H3,(H,24,28)/t17-/m1/s1. The number of amides is 2. The van der Waals surface area contributed by atoms with Crippen molar-refractivity contribution in [3.8, 4) is 11.5 Å². The van der Waals surface area contributed by atoms with Crippen molar-refractivity contribution < 1.29 is 24.0 Å². The first-order valence-electron chi connectivity index (χ1n) is 9.62. The average Bonchev–Trinajstić information content (AvgIpc) is 2.78. The summed E-state index contributed by atoms with van der Waals surface area (Å²) in [6.45, 7) is 1.35. The average molecular weight is 484 g/mol. The minimum Gasteiger partial charge on any atom is -0.490 e. The third-order valence-electron chi connectivity index (χ3n) is 4.73. The molecule has 0 radical (unpaired) electrons. The van der Waals surface area contributed by atoms with Crippen molar-refractivity contribution in [3.05, 3.63) is 62.1 Å². The van der Waals surface area contributed by atoms with Crippen molar-refractivity contribution in [3.63, 3.8) is 0 Å². The number of benzene rings is 2. The summed E-state index contributed by atoms with van der Waals surface area (Å²) < 4.78 is 10.6. The first kappa shape index (κ1) is 25.2. The third kappa shape index (κ3) is 6.02. The summed E-state index contributed by atoms with van der Waals surface area (Å²) in [5.41, 5.74) is 0.273. The second-order valence-corrected chi connectivity index (χ2v) is 7.45. The molecule has 1 N–H and O–H groups in total. The van der Waals surface area contributed by atoms with Gasteiger partial charge in [-0.2, -0.15) is 0 Å². The van der Waals surface area contributed by atoms with Crippen molar-refractivity contribution in [2.75, 3.05) is 20.8 Å². The van der Waals surface area contributed by atoms with Crippen LogP contribution in [0.25, 0.3) is 0 Å². The fraction of sp³-hybridized carbons (Fsp3) is 0.333. The Hall–Kier alpha value is -3.04. The minimum atomic E-state index is -0.783. The Labute approximate surface area is 195 Å². The zero-order chi connectivity index (χ0) is 23.8. The number of nitro benzene ring substituents is 1. The molecule has 0 heterocycles. The summed E-state index contributed by atoms with van der Waals surface area (Å²) >= 11 is 12.5. The second kappa shape index (κ2) is 11.5. The third-order valence-corrected chi connectivity index (χ3v) is 5.44. The number of ether oxygens (including phenoxy) is 2. The topological polar surface area (TPSA) is 111 Å². The Morgan fingerprint density at radius 2 is 1.88 bits per heavy atom. The largest absolute Gasteiger partial charge is 0.490 e. The highest BCUT2D eigenvalue weighted by molar-refractivity contribution is 6.36. The van der Waals surface area contributed by atoms with E-state index in [2.05, 4.69) is 5.32 Å². The number of nitrogens with one attached hydrogen (secondary N) is 1. The summed E-state index contributed by atoms with van der Waals surface area (Å²) in [5.74, 6) is -0.643. The number of rotatable bonds is 10. The molecule has 0 aliphatic heterocycles. The maximum absolute atomic E-state index is 13.1. The van der Waals surface area contributed by atoms with E-state index in [4.69, 9.17) is 32.7 Å². The van der Waals surface area contributed by atoms with Crippen LogP contribution >= 0.6 is 23.2 Å². The normalized spacial score (nSPS) is 11.4. The predicted molar refractivity (Wildman–Crippen MR) is 120 cm³/mol. The van der Waals surface area contributed by atoms with E-state index in [9.17, 15) is 19.7 Å². The highest BCUT2D eigenvalue weighted by Gasteiger charge is 2.29. The van der Waals surface area contributed by atoms with E-state index < -0.39 is 23.5 Å². The van der Waals surface area contributed by atoms with Gasteiger partial charge in [-0.15, -0.1) is 0 Å². The van der Waals surface area contributed by atoms with Crippen LogP contribution in [-0.2, 0) is 16.1 Å². The second-order valence-electron chi connectivity index (χ2n) is 6.64. The number of halogens is 2. The number of carbonyl (C=O) groups excluding carboxylic acids is 2. The molecule has 2 amide bonds. The van der Waals surface area contributed by atoms with E-state index in [1.165, 1.54) is 37.3 Å². The van der Waals surface area contributed by atoms with Gasteiger partial charge in [0.2, 0.25) is 11.7 Å². The summed E-state index contributed by atoms with van der Waals surface area (Å²) in [4.78, 5) is 37.3. The molecular weight excluding hydrogens is 461 g/mol. The molecule has 0 saturated heterocycles. The van der Waals surface area contributed by atoms with Gasteiger partial charge < -0.3 is 19.7 Å². The lowest BCUT2D eigenvalue weighted by molar-refractivity contribution is -0.385. The highest BCUT2D eigenvalue weighted by atomic mass is 35.5. The Balaban J connectivity index is 2.28. The zero-order valence-electron chi connectivity index (χ0n) is 17.8. The Morgan fingerprint density at radius 3 is 2.41 bits per heavy atom. The maximum atomic E-state index is 13.1. The molecule has 0 aliphatic rings. The molecule has 11 heteroatoms. The smallest absolute Gasteiger partial charge is 0.311 e. The molecule has 0 spiro atoms. The van der Waals surface area contributed by atoms with Gasteiger partial charge in [0.1, 0.15) is 11.8 Å². The van der Waals surface area contributed by atoms with E-state index >= 15 is 0 Å². The van der Waals surface area contributed by atoms with Gasteiger partial charge in [-0.25, -0.2) is 0 Å². The van der Waals surface area contributed by atoms with Gasteiger partial charge >= 0.3 is 5.69 Å². The zero-order valence-corrected chi connectivity index (χ0v) is 19.3. The number of methoxy groups -OCH3 is 1. The van der Waals surface area contributed by atoms with Crippen LogP contribution in [0.1, 0.15) is 18.9 Å². The summed E-state index contributed by atoms with van der Waals surface area (Å²) in [6.07, 6.45) is 0.346.